The fourth-order valence-corrected chi connectivity index (χ4v) is 2.57. The minimum Gasteiger partial charge on any atom is -0.294 e. The van der Waals surface area contributed by atoms with Gasteiger partial charge in [-0.2, -0.15) is 0 Å². The number of aryl methyl sites for hydroxylation is 2. The van der Waals surface area contributed by atoms with Gasteiger partial charge in [-0.1, -0.05) is 12.1 Å². The first kappa shape index (κ1) is 12.0. The molecule has 0 atom stereocenters. The van der Waals surface area contributed by atoms with Gasteiger partial charge in [-0.15, -0.1) is 0 Å². The molecule has 2 aromatic rings. The van der Waals surface area contributed by atoms with E-state index in [4.69, 9.17) is 0 Å². The van der Waals surface area contributed by atoms with Gasteiger partial charge in [-0.3, -0.25) is 4.79 Å². The largest absolute Gasteiger partial charge is 0.294 e. The van der Waals surface area contributed by atoms with Gasteiger partial charge in [-0.05, 0) is 48.9 Å². The average Bonchev–Trinajstić information content (AvgIpc) is 2.48. The van der Waals surface area contributed by atoms with E-state index in [1.807, 2.05) is 6.07 Å². The summed E-state index contributed by atoms with van der Waals surface area (Å²) >= 11 is 0. The molecule has 0 bridgehead atoms. The summed E-state index contributed by atoms with van der Waals surface area (Å²) in [5.74, 6) is 0.685. The van der Waals surface area contributed by atoms with Gasteiger partial charge < -0.3 is 0 Å². The average molecular weight is 252 g/mol. The standard InChI is InChI=1S/C16H16N2O/c19-15(11-16-17-8-3-9-18-16)14-7-6-12-4-1-2-5-13(12)10-14/h3,6-10H,1-2,4-5,11H2. The first-order chi connectivity index (χ1) is 9.33. The van der Waals surface area contributed by atoms with Crippen molar-refractivity contribution in [3.8, 4) is 0 Å². The minimum atomic E-state index is 0.0968. The van der Waals surface area contributed by atoms with Crippen LogP contribution < -0.4 is 0 Å². The summed E-state index contributed by atoms with van der Waals surface area (Å²) < 4.78 is 0. The Bertz CT molecular complexity index is 593. The van der Waals surface area contributed by atoms with E-state index in [-0.39, 0.29) is 12.2 Å². The molecule has 0 amide bonds. The first-order valence-corrected chi connectivity index (χ1v) is 6.74. The predicted octanol–water partition coefficient (Wildman–Crippen LogP) is 2.78. The second-order valence-electron chi connectivity index (χ2n) is 4.96. The lowest BCUT2D eigenvalue weighted by Gasteiger charge is -2.16. The molecule has 0 saturated carbocycles. The van der Waals surface area contributed by atoms with Gasteiger partial charge in [0.05, 0.1) is 6.42 Å². The Morgan fingerprint density at radius 1 is 1.05 bits per heavy atom. The van der Waals surface area contributed by atoms with Gasteiger partial charge in [0.2, 0.25) is 0 Å². The van der Waals surface area contributed by atoms with Crippen LogP contribution in [0.3, 0.4) is 0 Å². The molecule has 0 spiro atoms. The Labute approximate surface area is 112 Å². The van der Waals surface area contributed by atoms with Crippen molar-refractivity contribution in [2.45, 2.75) is 32.1 Å². The van der Waals surface area contributed by atoms with E-state index >= 15 is 0 Å². The molecule has 1 aromatic heterocycles. The molecular weight excluding hydrogens is 236 g/mol. The molecule has 1 aromatic carbocycles. The van der Waals surface area contributed by atoms with Crippen LogP contribution >= 0.6 is 0 Å². The Morgan fingerprint density at radius 3 is 2.58 bits per heavy atom. The number of fused-ring (bicyclic) bond motifs is 1. The van der Waals surface area contributed by atoms with E-state index in [1.165, 1.54) is 24.0 Å². The molecular formula is C16H16N2O. The monoisotopic (exact) mass is 252 g/mol. The Balaban J connectivity index is 1.80. The summed E-state index contributed by atoms with van der Waals surface area (Å²) in [6, 6.07) is 7.86. The van der Waals surface area contributed by atoms with E-state index in [0.29, 0.717) is 5.82 Å². The highest BCUT2D eigenvalue weighted by Crippen LogP contribution is 2.22. The van der Waals surface area contributed by atoms with E-state index < -0.39 is 0 Å². The number of hydrogen-bond acceptors (Lipinski definition) is 3. The third kappa shape index (κ3) is 2.70. The number of aromatic nitrogens is 2. The first-order valence-electron chi connectivity index (χ1n) is 6.74. The molecule has 0 unspecified atom stereocenters. The van der Waals surface area contributed by atoms with Crippen LogP contribution in [0.25, 0.3) is 0 Å². The molecule has 1 heterocycles. The van der Waals surface area contributed by atoms with Gasteiger partial charge in [0.1, 0.15) is 5.82 Å². The zero-order valence-electron chi connectivity index (χ0n) is 10.8. The highest BCUT2D eigenvalue weighted by molar-refractivity contribution is 5.97. The quantitative estimate of drug-likeness (QED) is 0.789. The number of nitrogens with zero attached hydrogens (tertiary/aromatic N) is 2. The highest BCUT2D eigenvalue weighted by Gasteiger charge is 2.13. The van der Waals surface area contributed by atoms with Crippen LogP contribution in [0, 0.1) is 0 Å². The van der Waals surface area contributed by atoms with Crippen LogP contribution in [0.15, 0.2) is 36.7 Å². The van der Waals surface area contributed by atoms with Crippen LogP contribution in [0.2, 0.25) is 0 Å². The molecule has 96 valence electrons. The van der Waals surface area contributed by atoms with Gasteiger partial charge in [0.15, 0.2) is 5.78 Å². The summed E-state index contributed by atoms with van der Waals surface area (Å²) in [6.07, 6.45) is 8.35. The highest BCUT2D eigenvalue weighted by atomic mass is 16.1. The molecule has 1 aliphatic rings. The molecule has 1 aliphatic carbocycles. The van der Waals surface area contributed by atoms with E-state index in [0.717, 1.165) is 18.4 Å². The van der Waals surface area contributed by atoms with Crippen molar-refractivity contribution >= 4 is 5.78 Å². The van der Waals surface area contributed by atoms with Crippen molar-refractivity contribution in [2.24, 2.45) is 0 Å². The van der Waals surface area contributed by atoms with E-state index in [9.17, 15) is 4.79 Å². The molecule has 0 saturated heterocycles. The number of Topliss-reactive ketones (excluding diaryl/α,β-unsaturated/α-hetero) is 1. The second-order valence-corrected chi connectivity index (χ2v) is 4.96. The van der Waals surface area contributed by atoms with Crippen LogP contribution in [0.5, 0.6) is 0 Å². The lowest BCUT2D eigenvalue weighted by Crippen LogP contribution is -2.09. The second kappa shape index (κ2) is 5.31. The fraction of sp³-hybridized carbons (Fsp3) is 0.312. The van der Waals surface area contributed by atoms with Crippen molar-refractivity contribution in [3.63, 3.8) is 0 Å². The minimum absolute atomic E-state index is 0.0968. The van der Waals surface area contributed by atoms with Crippen LogP contribution in [0.1, 0.15) is 40.2 Å². The number of benzene rings is 1. The van der Waals surface area contributed by atoms with Crippen LogP contribution in [-0.2, 0) is 19.3 Å². The molecule has 3 nitrogen and oxygen atoms in total. The van der Waals surface area contributed by atoms with Gasteiger partial charge in [0, 0.05) is 18.0 Å². The maximum absolute atomic E-state index is 12.2. The maximum atomic E-state index is 12.2. The molecule has 3 rings (SSSR count). The molecule has 0 fully saturated rings. The van der Waals surface area contributed by atoms with Crippen molar-refractivity contribution in [2.75, 3.05) is 0 Å². The molecule has 0 aliphatic heterocycles. The van der Waals surface area contributed by atoms with Crippen LogP contribution in [0.4, 0.5) is 0 Å². The van der Waals surface area contributed by atoms with Gasteiger partial charge >= 0.3 is 0 Å². The zero-order valence-corrected chi connectivity index (χ0v) is 10.8. The van der Waals surface area contributed by atoms with Crippen LogP contribution in [-0.4, -0.2) is 15.8 Å². The number of hydrogen-bond donors (Lipinski definition) is 0. The van der Waals surface area contributed by atoms with Crippen molar-refractivity contribution in [1.82, 2.24) is 9.97 Å². The number of ketones is 1. The third-order valence-electron chi connectivity index (χ3n) is 3.61. The number of rotatable bonds is 3. The van der Waals surface area contributed by atoms with E-state index in [1.54, 1.807) is 18.5 Å². The lowest BCUT2D eigenvalue weighted by atomic mass is 9.89. The third-order valence-corrected chi connectivity index (χ3v) is 3.61. The Hall–Kier alpha value is -2.03. The Morgan fingerprint density at radius 2 is 1.79 bits per heavy atom. The Kier molecular flexibility index (Phi) is 3.36. The van der Waals surface area contributed by atoms with Gasteiger partial charge in [0.25, 0.3) is 0 Å². The fourth-order valence-electron chi connectivity index (χ4n) is 2.57. The predicted molar refractivity (Wildman–Crippen MR) is 73.2 cm³/mol. The molecule has 19 heavy (non-hydrogen) atoms. The SMILES string of the molecule is O=C(Cc1ncccn1)c1ccc2c(c1)CCCC2. The topological polar surface area (TPSA) is 42.9 Å². The van der Waals surface area contributed by atoms with Crippen molar-refractivity contribution < 1.29 is 4.79 Å². The molecule has 3 heteroatoms. The molecule has 0 radical (unpaired) electrons. The maximum Gasteiger partial charge on any atom is 0.170 e. The van der Waals surface area contributed by atoms with E-state index in [2.05, 4.69) is 22.1 Å². The lowest BCUT2D eigenvalue weighted by molar-refractivity contribution is 0.0990. The smallest absolute Gasteiger partial charge is 0.170 e. The number of carbonyl (C=O) groups is 1. The summed E-state index contributed by atoms with van der Waals surface area (Å²) in [5, 5.41) is 0. The summed E-state index contributed by atoms with van der Waals surface area (Å²) in [6.45, 7) is 0. The number of carbonyl (C=O) groups excluding carboxylic acids is 1. The van der Waals surface area contributed by atoms with Gasteiger partial charge in [-0.25, -0.2) is 9.97 Å². The molecule has 0 N–H and O–H groups in total. The van der Waals surface area contributed by atoms with Crippen molar-refractivity contribution in [3.05, 3.63) is 59.2 Å². The normalized spacial score (nSPS) is 13.9. The van der Waals surface area contributed by atoms with Crippen molar-refractivity contribution in [1.29, 1.82) is 0 Å². The zero-order chi connectivity index (χ0) is 13.1. The summed E-state index contributed by atoms with van der Waals surface area (Å²) in [4.78, 5) is 20.4. The summed E-state index contributed by atoms with van der Waals surface area (Å²) in [5.41, 5.74) is 3.53. The summed E-state index contributed by atoms with van der Waals surface area (Å²) in [7, 11) is 0.